The maximum atomic E-state index is 12.1. The summed E-state index contributed by atoms with van der Waals surface area (Å²) in [5.41, 5.74) is 0. The van der Waals surface area contributed by atoms with Crippen LogP contribution in [0.3, 0.4) is 0 Å². The Morgan fingerprint density at radius 2 is 1.93 bits per heavy atom. The molecule has 0 saturated heterocycles. The van der Waals surface area contributed by atoms with E-state index in [1.54, 1.807) is 0 Å². The Labute approximate surface area is 80.9 Å². The molecule has 0 N–H and O–H groups in total. The molecule has 14 heavy (non-hydrogen) atoms. The SMILES string of the molecule is C=CC[N@+](C)(CC(F)(F)F)C(=O)C=C. The van der Waals surface area contributed by atoms with Crippen molar-refractivity contribution in [3.63, 3.8) is 0 Å². The van der Waals surface area contributed by atoms with Gasteiger partial charge in [0.15, 0.2) is 6.54 Å². The molecule has 0 aliphatic heterocycles. The van der Waals surface area contributed by atoms with Crippen molar-refractivity contribution in [1.82, 2.24) is 0 Å². The van der Waals surface area contributed by atoms with E-state index in [0.717, 1.165) is 6.08 Å². The van der Waals surface area contributed by atoms with Gasteiger partial charge in [0.05, 0.1) is 7.05 Å². The van der Waals surface area contributed by atoms with Gasteiger partial charge in [-0.1, -0.05) is 13.2 Å². The minimum atomic E-state index is -4.38. The van der Waals surface area contributed by atoms with Gasteiger partial charge in [0.2, 0.25) is 0 Å². The number of quaternary nitrogens is 1. The Morgan fingerprint density at radius 1 is 1.43 bits per heavy atom. The van der Waals surface area contributed by atoms with Gasteiger partial charge in [-0.3, -0.25) is 0 Å². The van der Waals surface area contributed by atoms with Crippen LogP contribution >= 0.6 is 0 Å². The first kappa shape index (κ1) is 12.9. The Morgan fingerprint density at radius 3 is 2.21 bits per heavy atom. The van der Waals surface area contributed by atoms with E-state index in [9.17, 15) is 18.0 Å². The van der Waals surface area contributed by atoms with Crippen molar-refractivity contribution >= 4 is 5.91 Å². The molecule has 0 bridgehead atoms. The number of amides is 1. The fraction of sp³-hybridized carbons (Fsp3) is 0.444. The van der Waals surface area contributed by atoms with Crippen molar-refractivity contribution < 1.29 is 22.4 Å². The quantitative estimate of drug-likeness (QED) is 0.392. The van der Waals surface area contributed by atoms with Crippen LogP contribution in [0.5, 0.6) is 0 Å². The lowest BCUT2D eigenvalue weighted by molar-refractivity contribution is -0.838. The normalized spacial score (nSPS) is 15.7. The summed E-state index contributed by atoms with van der Waals surface area (Å²) < 4.78 is 35.6. The molecular formula is C9H13F3NO+. The summed E-state index contributed by atoms with van der Waals surface area (Å²) in [5.74, 6) is -0.665. The van der Waals surface area contributed by atoms with Crippen molar-refractivity contribution in [2.24, 2.45) is 0 Å². The van der Waals surface area contributed by atoms with Crippen molar-refractivity contribution in [3.8, 4) is 0 Å². The summed E-state index contributed by atoms with van der Waals surface area (Å²) in [6.07, 6.45) is -2.20. The zero-order valence-electron chi connectivity index (χ0n) is 7.97. The molecule has 0 aromatic rings. The first-order valence-corrected chi connectivity index (χ1v) is 3.94. The highest BCUT2D eigenvalue weighted by molar-refractivity contribution is 5.80. The summed E-state index contributed by atoms with van der Waals surface area (Å²) in [5, 5.41) is 0. The Balaban J connectivity index is 4.80. The average molecular weight is 208 g/mol. The second kappa shape index (κ2) is 4.41. The molecule has 0 aliphatic rings. The number of halogens is 3. The summed E-state index contributed by atoms with van der Waals surface area (Å²) in [6, 6.07) is 0. The van der Waals surface area contributed by atoms with Crippen molar-refractivity contribution in [2.75, 3.05) is 20.1 Å². The van der Waals surface area contributed by atoms with E-state index in [1.807, 2.05) is 0 Å². The second-order valence-electron chi connectivity index (χ2n) is 3.18. The molecule has 5 heteroatoms. The number of nitrogens with zero attached hydrogens (tertiary/aromatic N) is 1. The van der Waals surface area contributed by atoms with Crippen LogP contribution in [0, 0.1) is 0 Å². The first-order chi connectivity index (χ1) is 6.25. The molecule has 0 aromatic heterocycles. The van der Waals surface area contributed by atoms with Gasteiger partial charge in [0, 0.05) is 6.08 Å². The number of carbonyl (C=O) groups excluding carboxylic acids is 1. The molecule has 0 radical (unpaired) electrons. The molecule has 0 fully saturated rings. The summed E-state index contributed by atoms with van der Waals surface area (Å²) in [6.45, 7) is 5.23. The lowest BCUT2D eigenvalue weighted by Gasteiger charge is -2.29. The molecule has 0 rings (SSSR count). The Hall–Kier alpha value is -1.10. The Bertz CT molecular complexity index is 247. The molecule has 0 aromatic carbocycles. The summed E-state index contributed by atoms with van der Waals surface area (Å²) in [4.78, 5) is 11.2. The van der Waals surface area contributed by atoms with Crippen LogP contribution in [0.4, 0.5) is 13.2 Å². The summed E-state index contributed by atoms with van der Waals surface area (Å²) in [7, 11) is 1.21. The average Bonchev–Trinajstić information content (AvgIpc) is 2.00. The zero-order chi connectivity index (χ0) is 11.4. The van der Waals surface area contributed by atoms with Gasteiger partial charge in [-0.2, -0.15) is 13.2 Å². The minimum absolute atomic E-state index is 0.0651. The lowest BCUT2D eigenvalue weighted by Crippen LogP contribution is -2.53. The van der Waals surface area contributed by atoms with Crippen LogP contribution in [0.2, 0.25) is 0 Å². The molecule has 1 amide bonds. The third-order valence-corrected chi connectivity index (χ3v) is 1.77. The van der Waals surface area contributed by atoms with Gasteiger partial charge in [-0.25, -0.2) is 9.28 Å². The van der Waals surface area contributed by atoms with Gasteiger partial charge in [-0.05, 0) is 6.08 Å². The molecule has 0 saturated carbocycles. The second-order valence-corrected chi connectivity index (χ2v) is 3.18. The maximum absolute atomic E-state index is 12.1. The van der Waals surface area contributed by atoms with E-state index in [0.29, 0.717) is 0 Å². The van der Waals surface area contributed by atoms with Crippen LogP contribution in [0.25, 0.3) is 0 Å². The highest BCUT2D eigenvalue weighted by atomic mass is 19.4. The maximum Gasteiger partial charge on any atom is 0.438 e. The lowest BCUT2D eigenvalue weighted by atomic mass is 10.3. The van der Waals surface area contributed by atoms with Crippen molar-refractivity contribution in [1.29, 1.82) is 0 Å². The predicted octanol–water partition coefficient (Wildman–Crippen LogP) is 1.89. The van der Waals surface area contributed by atoms with Crippen molar-refractivity contribution in [2.45, 2.75) is 6.18 Å². The zero-order valence-corrected chi connectivity index (χ0v) is 7.97. The van der Waals surface area contributed by atoms with Crippen LogP contribution in [-0.2, 0) is 4.79 Å². The van der Waals surface area contributed by atoms with E-state index in [2.05, 4.69) is 13.2 Å². The molecule has 0 aliphatic carbocycles. The topological polar surface area (TPSA) is 17.1 Å². The van der Waals surface area contributed by atoms with E-state index in [4.69, 9.17) is 0 Å². The molecule has 0 unspecified atom stereocenters. The summed E-state index contributed by atoms with van der Waals surface area (Å²) >= 11 is 0. The van der Waals surface area contributed by atoms with E-state index in [-0.39, 0.29) is 6.54 Å². The highest BCUT2D eigenvalue weighted by Crippen LogP contribution is 2.21. The fourth-order valence-electron chi connectivity index (χ4n) is 1.13. The number of carbonyl (C=O) groups is 1. The largest absolute Gasteiger partial charge is 0.438 e. The van der Waals surface area contributed by atoms with Crippen LogP contribution in [0.15, 0.2) is 25.3 Å². The van der Waals surface area contributed by atoms with Crippen molar-refractivity contribution in [3.05, 3.63) is 25.3 Å². The van der Waals surface area contributed by atoms with Gasteiger partial charge < -0.3 is 0 Å². The van der Waals surface area contributed by atoms with E-state index >= 15 is 0 Å². The van der Waals surface area contributed by atoms with Crippen LogP contribution in [0.1, 0.15) is 0 Å². The van der Waals surface area contributed by atoms with Crippen LogP contribution in [-0.4, -0.2) is 36.7 Å². The van der Waals surface area contributed by atoms with Gasteiger partial charge in [-0.15, -0.1) is 0 Å². The first-order valence-electron chi connectivity index (χ1n) is 3.94. The van der Waals surface area contributed by atoms with Gasteiger partial charge >= 0.3 is 12.1 Å². The number of hydrogen-bond acceptors (Lipinski definition) is 1. The third-order valence-electron chi connectivity index (χ3n) is 1.77. The number of hydrogen-bond donors (Lipinski definition) is 0. The number of likely N-dealkylation sites (N-methyl/N-ethyl adjacent to an activating group) is 1. The molecule has 1 atom stereocenters. The van der Waals surface area contributed by atoms with E-state index in [1.165, 1.54) is 13.1 Å². The molecule has 80 valence electrons. The predicted molar refractivity (Wildman–Crippen MR) is 47.4 cm³/mol. The standard InChI is InChI=1S/C9H13F3NO/c1-4-6-13(3,8(14)5-2)7-9(10,11)12/h4-5H,1-2,6-7H2,3H3/q+1/t13-/m1/s1. The van der Waals surface area contributed by atoms with Gasteiger partial charge in [0.25, 0.3) is 0 Å². The van der Waals surface area contributed by atoms with E-state index < -0.39 is 23.1 Å². The monoisotopic (exact) mass is 208 g/mol. The number of alkyl halides is 3. The smallest absolute Gasteiger partial charge is 0.248 e. The van der Waals surface area contributed by atoms with Crippen LogP contribution < -0.4 is 0 Å². The highest BCUT2D eigenvalue weighted by Gasteiger charge is 2.42. The molecular weight excluding hydrogens is 195 g/mol. The molecule has 2 nitrogen and oxygen atoms in total. The Kier molecular flexibility index (Phi) is 4.07. The molecule has 0 heterocycles. The fourth-order valence-corrected chi connectivity index (χ4v) is 1.13. The number of rotatable bonds is 4. The van der Waals surface area contributed by atoms with Gasteiger partial charge in [0.1, 0.15) is 6.54 Å². The third kappa shape index (κ3) is 3.74. The molecule has 0 spiro atoms. The minimum Gasteiger partial charge on any atom is -0.248 e.